The Balaban J connectivity index is 1.44. The van der Waals surface area contributed by atoms with Gasteiger partial charge in [0, 0.05) is 17.5 Å². The van der Waals surface area contributed by atoms with Crippen molar-refractivity contribution in [3.63, 3.8) is 0 Å². The largest absolute Gasteiger partial charge is 0.497 e. The van der Waals surface area contributed by atoms with E-state index in [4.69, 9.17) is 9.47 Å². The summed E-state index contributed by atoms with van der Waals surface area (Å²) < 4.78 is 11.3. The van der Waals surface area contributed by atoms with Crippen molar-refractivity contribution in [3.8, 4) is 5.75 Å². The van der Waals surface area contributed by atoms with Gasteiger partial charge in [0.15, 0.2) is 4.34 Å². The number of hydrogen-bond donors (Lipinski definition) is 1. The summed E-state index contributed by atoms with van der Waals surface area (Å²) in [7, 11) is 1.63. The van der Waals surface area contributed by atoms with Crippen LogP contribution in [0.5, 0.6) is 5.75 Å². The molecule has 0 fully saturated rings. The Morgan fingerprint density at radius 3 is 2.81 bits per heavy atom. The van der Waals surface area contributed by atoms with Gasteiger partial charge in [0.1, 0.15) is 12.4 Å². The fourth-order valence-corrected chi connectivity index (χ4v) is 3.72. The number of rotatable bonds is 8. The van der Waals surface area contributed by atoms with E-state index in [9.17, 15) is 4.79 Å². The summed E-state index contributed by atoms with van der Waals surface area (Å²) in [6.45, 7) is 0.316. The number of methoxy groups -OCH3 is 1. The maximum atomic E-state index is 11.8. The van der Waals surface area contributed by atoms with Crippen LogP contribution in [0, 0.1) is 0 Å². The highest BCUT2D eigenvalue weighted by Crippen LogP contribution is 2.28. The summed E-state index contributed by atoms with van der Waals surface area (Å²) in [5.41, 5.74) is 1.44. The molecular formula is C18H17N3O3S2. The highest BCUT2D eigenvalue weighted by molar-refractivity contribution is 8.01. The number of nitrogens with one attached hydrogen (secondary N) is 1. The molecule has 0 saturated heterocycles. The van der Waals surface area contributed by atoms with Crippen molar-refractivity contribution in [1.82, 2.24) is 10.2 Å². The van der Waals surface area contributed by atoms with Gasteiger partial charge in [0.2, 0.25) is 5.13 Å². The molecule has 0 aliphatic heterocycles. The van der Waals surface area contributed by atoms with Gasteiger partial charge in [-0.1, -0.05) is 47.4 Å². The minimum atomic E-state index is -0.316. The van der Waals surface area contributed by atoms with Crippen molar-refractivity contribution in [3.05, 3.63) is 60.2 Å². The minimum Gasteiger partial charge on any atom is -0.497 e. The van der Waals surface area contributed by atoms with E-state index < -0.39 is 0 Å². The molecule has 0 amide bonds. The average molecular weight is 387 g/mol. The van der Waals surface area contributed by atoms with Crippen LogP contribution in [0.1, 0.15) is 10.4 Å². The first-order valence-corrected chi connectivity index (χ1v) is 9.64. The lowest BCUT2D eigenvalue weighted by atomic mass is 10.2. The van der Waals surface area contributed by atoms with E-state index in [0.29, 0.717) is 23.1 Å². The predicted octanol–water partition coefficient (Wildman–Crippen LogP) is 4.24. The lowest BCUT2D eigenvalue weighted by Gasteiger charge is -2.04. The van der Waals surface area contributed by atoms with Crippen LogP contribution in [0.15, 0.2) is 58.9 Å². The molecule has 0 bridgehead atoms. The number of ether oxygens (including phenoxy) is 2. The summed E-state index contributed by atoms with van der Waals surface area (Å²) in [6, 6.07) is 16.5. The molecule has 8 heteroatoms. The molecule has 0 saturated carbocycles. The first kappa shape index (κ1) is 18.2. The van der Waals surface area contributed by atoms with E-state index in [-0.39, 0.29) is 5.97 Å². The molecular weight excluding hydrogens is 370 g/mol. The number of esters is 1. The lowest BCUT2D eigenvalue weighted by molar-refractivity contribution is 0.0530. The fourth-order valence-electron chi connectivity index (χ4n) is 2.06. The van der Waals surface area contributed by atoms with Crippen molar-refractivity contribution >= 4 is 39.9 Å². The van der Waals surface area contributed by atoms with Crippen LogP contribution in [-0.4, -0.2) is 35.6 Å². The van der Waals surface area contributed by atoms with Crippen molar-refractivity contribution in [2.75, 3.05) is 24.8 Å². The Morgan fingerprint density at radius 1 is 1.15 bits per heavy atom. The van der Waals surface area contributed by atoms with Gasteiger partial charge in [0.25, 0.3) is 0 Å². The normalized spacial score (nSPS) is 10.3. The smallest absolute Gasteiger partial charge is 0.338 e. The second-order valence-electron chi connectivity index (χ2n) is 5.08. The molecule has 26 heavy (non-hydrogen) atoms. The first-order valence-electron chi connectivity index (χ1n) is 7.84. The molecule has 1 N–H and O–H groups in total. The minimum absolute atomic E-state index is 0.316. The molecule has 0 spiro atoms. The molecule has 3 aromatic rings. The number of carbonyl (C=O) groups is 1. The number of anilines is 2. The zero-order valence-electron chi connectivity index (χ0n) is 14.0. The van der Waals surface area contributed by atoms with Gasteiger partial charge < -0.3 is 14.8 Å². The van der Waals surface area contributed by atoms with E-state index >= 15 is 0 Å². The molecule has 0 aliphatic carbocycles. The van der Waals surface area contributed by atoms with Crippen LogP contribution in [-0.2, 0) is 4.74 Å². The van der Waals surface area contributed by atoms with Gasteiger partial charge >= 0.3 is 5.97 Å². The highest BCUT2D eigenvalue weighted by Gasteiger charge is 2.08. The van der Waals surface area contributed by atoms with E-state index in [1.54, 1.807) is 19.2 Å². The molecule has 0 atom stereocenters. The molecule has 1 heterocycles. The summed E-state index contributed by atoms with van der Waals surface area (Å²) in [4.78, 5) is 11.8. The van der Waals surface area contributed by atoms with Crippen molar-refractivity contribution < 1.29 is 14.3 Å². The standard InChI is InChI=1S/C18H17N3O3S2/c1-23-15-9-5-8-14(12-15)19-17-20-21-18(26-17)25-11-10-24-16(22)13-6-3-2-4-7-13/h2-9,12H,10-11H2,1H3,(H,19,20). The molecule has 2 aromatic carbocycles. The van der Waals surface area contributed by atoms with Crippen LogP contribution >= 0.6 is 23.1 Å². The van der Waals surface area contributed by atoms with Crippen LogP contribution in [0.25, 0.3) is 0 Å². The fraction of sp³-hybridized carbons (Fsp3) is 0.167. The molecule has 0 aliphatic rings. The number of thioether (sulfide) groups is 1. The summed E-state index contributed by atoms with van der Waals surface area (Å²) in [5.74, 6) is 1.07. The lowest BCUT2D eigenvalue weighted by Crippen LogP contribution is -2.07. The maximum absolute atomic E-state index is 11.8. The number of benzene rings is 2. The SMILES string of the molecule is COc1cccc(Nc2nnc(SCCOC(=O)c3ccccc3)s2)c1. The van der Waals surface area contributed by atoms with Crippen LogP contribution in [0.3, 0.4) is 0 Å². The summed E-state index contributed by atoms with van der Waals surface area (Å²) in [6.07, 6.45) is 0. The number of nitrogens with zero attached hydrogens (tertiary/aromatic N) is 2. The maximum Gasteiger partial charge on any atom is 0.338 e. The Labute approximate surface area is 159 Å². The van der Waals surface area contributed by atoms with Crippen molar-refractivity contribution in [2.24, 2.45) is 0 Å². The van der Waals surface area contributed by atoms with E-state index in [2.05, 4.69) is 15.5 Å². The number of carbonyl (C=O) groups excluding carboxylic acids is 1. The topological polar surface area (TPSA) is 73.3 Å². The van der Waals surface area contributed by atoms with Crippen LogP contribution in [0.2, 0.25) is 0 Å². The van der Waals surface area contributed by atoms with Gasteiger partial charge in [-0.25, -0.2) is 4.79 Å². The zero-order valence-corrected chi connectivity index (χ0v) is 15.7. The Bertz CT molecular complexity index is 856. The third kappa shape index (κ3) is 5.21. The predicted molar refractivity (Wildman–Crippen MR) is 104 cm³/mol. The Hall–Kier alpha value is -2.58. The third-order valence-corrected chi connectivity index (χ3v) is 5.22. The number of hydrogen-bond acceptors (Lipinski definition) is 8. The molecule has 3 rings (SSSR count). The van der Waals surface area contributed by atoms with Gasteiger partial charge in [-0.2, -0.15) is 0 Å². The molecule has 0 unspecified atom stereocenters. The number of aromatic nitrogens is 2. The van der Waals surface area contributed by atoms with Crippen molar-refractivity contribution in [1.29, 1.82) is 0 Å². The van der Waals surface area contributed by atoms with Gasteiger partial charge in [-0.3, -0.25) is 0 Å². The van der Waals surface area contributed by atoms with Crippen LogP contribution < -0.4 is 10.1 Å². The Kier molecular flexibility index (Phi) is 6.45. The highest BCUT2D eigenvalue weighted by atomic mass is 32.2. The second kappa shape index (κ2) is 9.21. The van der Waals surface area contributed by atoms with Gasteiger partial charge in [-0.05, 0) is 24.3 Å². The third-order valence-electron chi connectivity index (χ3n) is 3.28. The van der Waals surface area contributed by atoms with E-state index in [0.717, 1.165) is 15.8 Å². The van der Waals surface area contributed by atoms with Gasteiger partial charge in [-0.15, -0.1) is 10.2 Å². The molecule has 134 valence electrons. The molecule has 6 nitrogen and oxygen atoms in total. The quantitative estimate of drug-likeness (QED) is 0.352. The zero-order chi connectivity index (χ0) is 18.2. The average Bonchev–Trinajstić information content (AvgIpc) is 3.13. The van der Waals surface area contributed by atoms with Gasteiger partial charge in [0.05, 0.1) is 12.7 Å². The first-order chi connectivity index (χ1) is 12.7. The van der Waals surface area contributed by atoms with E-state index in [1.807, 2.05) is 42.5 Å². The summed E-state index contributed by atoms with van der Waals surface area (Å²) in [5, 5.41) is 12.1. The molecule has 0 radical (unpaired) electrons. The monoisotopic (exact) mass is 387 g/mol. The van der Waals surface area contributed by atoms with Crippen LogP contribution in [0.4, 0.5) is 10.8 Å². The van der Waals surface area contributed by atoms with Crippen molar-refractivity contribution in [2.45, 2.75) is 4.34 Å². The van der Waals surface area contributed by atoms with E-state index in [1.165, 1.54) is 23.1 Å². The Morgan fingerprint density at radius 2 is 2.00 bits per heavy atom. The second-order valence-corrected chi connectivity index (χ2v) is 7.40. The molecule has 1 aromatic heterocycles. The summed E-state index contributed by atoms with van der Waals surface area (Å²) >= 11 is 2.94.